The van der Waals surface area contributed by atoms with E-state index in [1.165, 1.54) is 0 Å². The van der Waals surface area contributed by atoms with Crippen LogP contribution < -0.4 is 0 Å². The van der Waals surface area contributed by atoms with E-state index in [1.807, 2.05) is 0 Å². The molecule has 3 N–H and O–H groups in total. The van der Waals surface area contributed by atoms with Gasteiger partial charge in [0.2, 0.25) is 0 Å². The highest BCUT2D eigenvalue weighted by Gasteiger charge is 2.56. The van der Waals surface area contributed by atoms with Crippen molar-refractivity contribution in [3.63, 3.8) is 0 Å². The Kier molecular flexibility index (Phi) is 5.27. The number of halogens is 4. The fourth-order valence-electron chi connectivity index (χ4n) is 2.03. The molecule has 1 unspecified atom stereocenters. The van der Waals surface area contributed by atoms with Crippen molar-refractivity contribution in [1.29, 1.82) is 0 Å². The molecule has 1 atom stereocenters. The maximum Gasteiger partial charge on any atom is 0.326 e. The van der Waals surface area contributed by atoms with E-state index in [0.29, 0.717) is 6.07 Å². The minimum Gasteiger partial charge on any atom is -0.396 e. The molecule has 0 fully saturated rings. The Morgan fingerprint density at radius 3 is 2.57 bits per heavy atom. The number of thioether (sulfide) groups is 1. The molecule has 0 saturated heterocycles. The number of alkyl halides is 2. The van der Waals surface area contributed by atoms with Crippen molar-refractivity contribution in [2.75, 3.05) is 12.4 Å². The number of H-pyrrole nitrogens is 1. The first kappa shape index (κ1) is 17.7. The zero-order valence-corrected chi connectivity index (χ0v) is 12.5. The lowest BCUT2D eigenvalue weighted by Crippen LogP contribution is -2.46. The van der Waals surface area contributed by atoms with E-state index in [2.05, 4.69) is 15.2 Å². The Hall–Kier alpha value is -1.65. The topological polar surface area (TPSA) is 82.0 Å². The molecule has 1 aromatic carbocycles. The number of rotatable bonds is 7. The first-order valence-corrected chi connectivity index (χ1v) is 7.43. The largest absolute Gasteiger partial charge is 0.396 e. The number of nitrogens with one attached hydrogen (secondary N) is 1. The molecular formula is C13H13F4N3O2S. The van der Waals surface area contributed by atoms with Crippen molar-refractivity contribution in [1.82, 2.24) is 15.2 Å². The van der Waals surface area contributed by atoms with Gasteiger partial charge >= 0.3 is 5.25 Å². The van der Waals surface area contributed by atoms with Crippen LogP contribution in [0.25, 0.3) is 0 Å². The summed E-state index contributed by atoms with van der Waals surface area (Å²) in [6.07, 6.45) is 0.275. The molecule has 0 aliphatic heterocycles. The Bertz CT molecular complexity index is 657. The minimum absolute atomic E-state index is 0.0406. The van der Waals surface area contributed by atoms with Crippen LogP contribution in [-0.2, 0) is 12.0 Å². The van der Waals surface area contributed by atoms with Gasteiger partial charge in [0, 0.05) is 23.8 Å². The fourth-order valence-corrected chi connectivity index (χ4v) is 2.80. The Morgan fingerprint density at radius 1 is 1.26 bits per heavy atom. The molecule has 5 nitrogen and oxygen atoms in total. The molecule has 0 aliphatic carbocycles. The van der Waals surface area contributed by atoms with Crippen molar-refractivity contribution >= 4 is 11.8 Å². The predicted molar refractivity (Wildman–Crippen MR) is 74.8 cm³/mol. The van der Waals surface area contributed by atoms with Crippen LogP contribution in [0.15, 0.2) is 24.5 Å². The Labute approximate surface area is 132 Å². The predicted octanol–water partition coefficient (Wildman–Crippen LogP) is 1.83. The van der Waals surface area contributed by atoms with Gasteiger partial charge < -0.3 is 10.2 Å². The lowest BCUT2D eigenvalue weighted by Gasteiger charge is -2.35. The third-order valence-corrected chi connectivity index (χ3v) is 4.21. The summed E-state index contributed by atoms with van der Waals surface area (Å²) in [4.78, 5) is 3.65. The van der Waals surface area contributed by atoms with Crippen LogP contribution >= 0.6 is 11.8 Å². The van der Waals surface area contributed by atoms with Crippen molar-refractivity contribution in [3.05, 3.63) is 47.5 Å². The second-order valence-electron chi connectivity index (χ2n) is 4.68. The van der Waals surface area contributed by atoms with Gasteiger partial charge in [-0.15, -0.1) is 0 Å². The first-order valence-electron chi connectivity index (χ1n) is 6.45. The average Bonchev–Trinajstić information content (AvgIpc) is 2.97. The number of aliphatic hydroxyl groups excluding tert-OH is 1. The van der Waals surface area contributed by atoms with Crippen LogP contribution in [0.3, 0.4) is 0 Å². The summed E-state index contributed by atoms with van der Waals surface area (Å²) in [5.74, 6) is -2.74. The molecule has 0 radical (unpaired) electrons. The molecule has 1 heterocycles. The lowest BCUT2D eigenvalue weighted by atomic mass is 9.89. The molecule has 23 heavy (non-hydrogen) atoms. The summed E-state index contributed by atoms with van der Waals surface area (Å²) in [5, 5.41) is 21.2. The van der Waals surface area contributed by atoms with Crippen molar-refractivity contribution < 1.29 is 27.8 Å². The maximum absolute atomic E-state index is 14.5. The maximum atomic E-state index is 14.5. The number of nitrogens with zero attached hydrogens (tertiary/aromatic N) is 2. The second kappa shape index (κ2) is 6.85. The fraction of sp³-hybridized carbons (Fsp3) is 0.385. The zero-order valence-electron chi connectivity index (χ0n) is 11.6. The van der Waals surface area contributed by atoms with Gasteiger partial charge in [-0.25, -0.2) is 13.8 Å². The minimum atomic E-state index is -3.87. The normalized spacial score (nSPS) is 14.7. The number of aromatic amines is 1. The molecule has 126 valence electrons. The van der Waals surface area contributed by atoms with E-state index >= 15 is 0 Å². The molecule has 2 aromatic rings. The van der Waals surface area contributed by atoms with Crippen LogP contribution in [0, 0.1) is 11.6 Å². The highest BCUT2D eigenvalue weighted by Crippen LogP contribution is 2.47. The number of aromatic nitrogens is 3. The van der Waals surface area contributed by atoms with Gasteiger partial charge in [0.25, 0.3) is 0 Å². The monoisotopic (exact) mass is 351 g/mol. The third kappa shape index (κ3) is 3.65. The molecule has 0 bridgehead atoms. The lowest BCUT2D eigenvalue weighted by molar-refractivity contribution is -0.129. The molecule has 0 amide bonds. The van der Waals surface area contributed by atoms with Crippen molar-refractivity contribution in [2.45, 2.75) is 17.3 Å². The summed E-state index contributed by atoms with van der Waals surface area (Å²) in [6.45, 7) is -0.551. The molecule has 0 saturated carbocycles. The molecule has 2 rings (SSSR count). The van der Waals surface area contributed by atoms with Gasteiger partial charge in [-0.3, -0.25) is 5.10 Å². The second-order valence-corrected chi connectivity index (χ2v) is 5.89. The average molecular weight is 351 g/mol. The number of aliphatic hydroxyl groups is 2. The standard InChI is InChI=1S/C13H13F4N3O2S/c14-8-1-2-9(10(15)5-8)12(22,6-11-18-7-19-20-11)13(16,17)23-4-3-21/h1-2,5,7,21-22H,3-4,6H2,(H,18,19,20). The summed E-state index contributed by atoms with van der Waals surface area (Å²) < 4.78 is 56.0. The number of hydrogen-bond donors (Lipinski definition) is 3. The van der Waals surface area contributed by atoms with Gasteiger partial charge in [0.1, 0.15) is 23.8 Å². The zero-order chi connectivity index (χ0) is 17.1. The van der Waals surface area contributed by atoms with E-state index in [1.54, 1.807) is 0 Å². The van der Waals surface area contributed by atoms with E-state index in [0.717, 1.165) is 18.5 Å². The molecular weight excluding hydrogens is 338 g/mol. The Balaban J connectivity index is 2.49. The smallest absolute Gasteiger partial charge is 0.326 e. The van der Waals surface area contributed by atoms with Crippen LogP contribution in [0.2, 0.25) is 0 Å². The van der Waals surface area contributed by atoms with Crippen LogP contribution in [-0.4, -0.2) is 43.0 Å². The Morgan fingerprint density at radius 2 is 2.00 bits per heavy atom. The number of benzene rings is 1. The van der Waals surface area contributed by atoms with Crippen molar-refractivity contribution in [2.24, 2.45) is 0 Å². The van der Waals surface area contributed by atoms with Gasteiger partial charge in [-0.2, -0.15) is 13.9 Å². The molecule has 0 spiro atoms. The molecule has 0 aliphatic rings. The van der Waals surface area contributed by atoms with Gasteiger partial charge in [-0.1, -0.05) is 17.8 Å². The third-order valence-electron chi connectivity index (χ3n) is 3.12. The van der Waals surface area contributed by atoms with Crippen LogP contribution in [0.4, 0.5) is 17.6 Å². The van der Waals surface area contributed by atoms with Gasteiger partial charge in [0.15, 0.2) is 5.60 Å². The van der Waals surface area contributed by atoms with E-state index < -0.39 is 41.1 Å². The van der Waals surface area contributed by atoms with E-state index in [-0.39, 0.29) is 23.3 Å². The SMILES string of the molecule is OCCSC(F)(F)C(O)(Cc1ncn[nH]1)c1ccc(F)cc1F. The highest BCUT2D eigenvalue weighted by molar-refractivity contribution is 8.00. The van der Waals surface area contributed by atoms with E-state index in [9.17, 15) is 22.7 Å². The van der Waals surface area contributed by atoms with Gasteiger partial charge in [0.05, 0.1) is 6.61 Å². The quantitative estimate of drug-likeness (QED) is 0.663. The van der Waals surface area contributed by atoms with E-state index in [4.69, 9.17) is 5.11 Å². The van der Waals surface area contributed by atoms with Crippen LogP contribution in [0.1, 0.15) is 11.4 Å². The molecule has 10 heteroatoms. The van der Waals surface area contributed by atoms with Gasteiger partial charge in [-0.05, 0) is 6.07 Å². The number of hydrogen-bond acceptors (Lipinski definition) is 5. The first-order chi connectivity index (χ1) is 10.8. The van der Waals surface area contributed by atoms with Crippen LogP contribution in [0.5, 0.6) is 0 Å². The van der Waals surface area contributed by atoms with Crippen molar-refractivity contribution in [3.8, 4) is 0 Å². The molecule has 1 aromatic heterocycles. The summed E-state index contributed by atoms with van der Waals surface area (Å²) in [5.41, 5.74) is -3.78. The summed E-state index contributed by atoms with van der Waals surface area (Å²) in [7, 11) is 0. The summed E-state index contributed by atoms with van der Waals surface area (Å²) >= 11 is -0.0406. The highest BCUT2D eigenvalue weighted by atomic mass is 32.2. The summed E-state index contributed by atoms with van der Waals surface area (Å²) in [6, 6.07) is 1.94.